The Bertz CT molecular complexity index is 729. The Morgan fingerprint density at radius 3 is 3.00 bits per heavy atom. The predicted octanol–water partition coefficient (Wildman–Crippen LogP) is 0.310. The Balaban J connectivity index is 1.68. The van der Waals surface area contributed by atoms with Gasteiger partial charge in [0.2, 0.25) is 0 Å². The van der Waals surface area contributed by atoms with Gasteiger partial charge in [0.25, 0.3) is 11.8 Å². The van der Waals surface area contributed by atoms with Crippen LogP contribution in [0.1, 0.15) is 26.5 Å². The first-order valence-electron chi connectivity index (χ1n) is 7.72. The van der Waals surface area contributed by atoms with E-state index in [2.05, 4.69) is 15.4 Å². The van der Waals surface area contributed by atoms with Crippen LogP contribution in [0.3, 0.4) is 0 Å². The molecule has 0 radical (unpaired) electrons. The lowest BCUT2D eigenvalue weighted by molar-refractivity contribution is 0.0705. The van der Waals surface area contributed by atoms with E-state index in [-0.39, 0.29) is 11.8 Å². The minimum Gasteiger partial charge on any atom is -0.383 e. The van der Waals surface area contributed by atoms with E-state index in [1.807, 2.05) is 0 Å². The van der Waals surface area contributed by atoms with Crippen LogP contribution in [0.4, 0.5) is 0 Å². The zero-order valence-electron chi connectivity index (χ0n) is 13.4. The van der Waals surface area contributed by atoms with Gasteiger partial charge in [-0.15, -0.1) is 0 Å². The first-order valence-corrected chi connectivity index (χ1v) is 7.72. The number of ether oxygens (including phenoxy) is 1. The molecule has 8 heteroatoms. The van der Waals surface area contributed by atoms with Crippen LogP contribution in [-0.2, 0) is 17.8 Å². The smallest absolute Gasteiger partial charge is 0.271 e. The van der Waals surface area contributed by atoms with Crippen LogP contribution in [0, 0.1) is 0 Å². The van der Waals surface area contributed by atoms with Crippen LogP contribution in [0.5, 0.6) is 0 Å². The van der Waals surface area contributed by atoms with Crippen LogP contribution in [0.25, 0.3) is 0 Å². The molecule has 1 aliphatic rings. The number of pyridine rings is 1. The van der Waals surface area contributed by atoms with Gasteiger partial charge in [0, 0.05) is 32.6 Å². The molecule has 0 bridgehead atoms. The number of nitrogens with one attached hydrogen (secondary N) is 1. The number of rotatable bonds is 5. The number of methoxy groups -OCH3 is 1. The Hall–Kier alpha value is -2.74. The van der Waals surface area contributed by atoms with Gasteiger partial charge in [-0.25, -0.2) is 0 Å². The number of carbonyl (C=O) groups excluding carboxylic acids is 2. The quantitative estimate of drug-likeness (QED) is 0.798. The highest BCUT2D eigenvalue weighted by Crippen LogP contribution is 2.16. The third kappa shape index (κ3) is 3.43. The van der Waals surface area contributed by atoms with E-state index < -0.39 is 0 Å². The second-order valence-corrected chi connectivity index (χ2v) is 5.46. The number of amides is 2. The summed E-state index contributed by atoms with van der Waals surface area (Å²) in [6, 6.07) is 5.21. The summed E-state index contributed by atoms with van der Waals surface area (Å²) in [5.41, 5.74) is 1.76. The van der Waals surface area contributed by atoms with Crippen molar-refractivity contribution in [2.75, 3.05) is 26.8 Å². The summed E-state index contributed by atoms with van der Waals surface area (Å²) in [6.45, 7) is 2.42. The summed E-state index contributed by atoms with van der Waals surface area (Å²) >= 11 is 0. The van der Waals surface area contributed by atoms with Crippen molar-refractivity contribution >= 4 is 11.8 Å². The van der Waals surface area contributed by atoms with E-state index >= 15 is 0 Å². The van der Waals surface area contributed by atoms with Crippen molar-refractivity contribution in [2.45, 2.75) is 13.1 Å². The van der Waals surface area contributed by atoms with Crippen LogP contribution in [-0.4, -0.2) is 58.3 Å². The first kappa shape index (κ1) is 16.1. The lowest BCUT2D eigenvalue weighted by Gasteiger charge is -2.27. The molecule has 24 heavy (non-hydrogen) atoms. The van der Waals surface area contributed by atoms with Gasteiger partial charge in [-0.2, -0.15) is 5.10 Å². The van der Waals surface area contributed by atoms with E-state index in [9.17, 15) is 9.59 Å². The van der Waals surface area contributed by atoms with E-state index in [1.165, 1.54) is 0 Å². The third-order valence-electron chi connectivity index (χ3n) is 3.82. The molecule has 0 unspecified atom stereocenters. The molecule has 0 aliphatic carbocycles. The second-order valence-electron chi connectivity index (χ2n) is 5.46. The molecule has 3 rings (SSSR count). The van der Waals surface area contributed by atoms with Gasteiger partial charge in [0.15, 0.2) is 5.69 Å². The highest BCUT2D eigenvalue weighted by atomic mass is 16.5. The van der Waals surface area contributed by atoms with E-state index in [1.54, 1.807) is 47.3 Å². The molecule has 8 nitrogen and oxygen atoms in total. The van der Waals surface area contributed by atoms with Crippen molar-refractivity contribution in [2.24, 2.45) is 0 Å². The maximum absolute atomic E-state index is 12.5. The molecule has 3 heterocycles. The third-order valence-corrected chi connectivity index (χ3v) is 3.82. The largest absolute Gasteiger partial charge is 0.383 e. The molecule has 0 saturated carbocycles. The number of nitrogens with zero attached hydrogens (tertiary/aromatic N) is 4. The average molecular weight is 329 g/mol. The number of carbonyl (C=O) groups is 2. The zero-order chi connectivity index (χ0) is 16.9. The molecule has 0 fully saturated rings. The summed E-state index contributed by atoms with van der Waals surface area (Å²) in [6.07, 6.45) is 3.19. The van der Waals surface area contributed by atoms with Crippen LogP contribution >= 0.6 is 0 Å². The number of hydrogen-bond acceptors (Lipinski definition) is 5. The zero-order valence-corrected chi connectivity index (χ0v) is 13.4. The van der Waals surface area contributed by atoms with Crippen molar-refractivity contribution in [3.63, 3.8) is 0 Å². The molecule has 126 valence electrons. The summed E-state index contributed by atoms with van der Waals surface area (Å²) < 4.78 is 6.68. The molecule has 0 atom stereocenters. The molecule has 1 N–H and O–H groups in total. The molecule has 2 aromatic rings. The molecule has 2 aromatic heterocycles. The SMILES string of the molecule is COCCNC(=O)c1cc2n(n1)CCN(C(=O)c1cccnc1)C2. The monoisotopic (exact) mass is 329 g/mol. The summed E-state index contributed by atoms with van der Waals surface area (Å²) in [5.74, 6) is -0.305. The second kappa shape index (κ2) is 7.22. The lowest BCUT2D eigenvalue weighted by Crippen LogP contribution is -2.38. The maximum Gasteiger partial charge on any atom is 0.271 e. The number of hydrogen-bond donors (Lipinski definition) is 1. The van der Waals surface area contributed by atoms with Gasteiger partial charge in [0.05, 0.1) is 31.0 Å². The van der Waals surface area contributed by atoms with Crippen LogP contribution in [0.15, 0.2) is 30.6 Å². The minimum atomic E-state index is -0.237. The Kier molecular flexibility index (Phi) is 4.85. The summed E-state index contributed by atoms with van der Waals surface area (Å²) in [4.78, 5) is 30.2. The summed E-state index contributed by atoms with van der Waals surface area (Å²) in [5, 5.41) is 7.05. The molecule has 0 spiro atoms. The average Bonchev–Trinajstić information content (AvgIpc) is 3.05. The fourth-order valence-corrected chi connectivity index (χ4v) is 2.58. The molecule has 2 amide bonds. The number of fused-ring (bicyclic) bond motifs is 1. The van der Waals surface area contributed by atoms with Gasteiger partial charge in [-0.1, -0.05) is 0 Å². The van der Waals surface area contributed by atoms with Crippen molar-refractivity contribution in [1.82, 2.24) is 25.0 Å². The molecular weight excluding hydrogens is 310 g/mol. The highest BCUT2D eigenvalue weighted by molar-refractivity contribution is 5.94. The van der Waals surface area contributed by atoms with Crippen LogP contribution < -0.4 is 5.32 Å². The fraction of sp³-hybridized carbons (Fsp3) is 0.375. The van der Waals surface area contributed by atoms with Crippen molar-refractivity contribution < 1.29 is 14.3 Å². The maximum atomic E-state index is 12.5. The Morgan fingerprint density at radius 2 is 2.25 bits per heavy atom. The standard InChI is InChI=1S/C16H19N5O3/c1-24-8-5-18-15(22)14-9-13-11-20(6-7-21(13)19-14)16(23)12-3-2-4-17-10-12/h2-4,9-10H,5-8,11H2,1H3,(H,18,22). The van der Waals surface area contributed by atoms with Crippen molar-refractivity contribution in [1.29, 1.82) is 0 Å². The van der Waals surface area contributed by atoms with E-state index in [0.717, 1.165) is 5.69 Å². The molecule has 1 aliphatic heterocycles. The van der Waals surface area contributed by atoms with Gasteiger partial charge in [0.1, 0.15) is 0 Å². The molecular formula is C16H19N5O3. The van der Waals surface area contributed by atoms with E-state index in [4.69, 9.17) is 4.74 Å². The lowest BCUT2D eigenvalue weighted by atomic mass is 10.2. The normalized spacial score (nSPS) is 13.5. The molecule has 0 saturated heterocycles. The first-order chi connectivity index (χ1) is 11.7. The summed E-state index contributed by atoms with van der Waals surface area (Å²) in [7, 11) is 1.58. The van der Waals surface area contributed by atoms with Gasteiger partial charge >= 0.3 is 0 Å². The van der Waals surface area contributed by atoms with Gasteiger partial charge in [-0.05, 0) is 18.2 Å². The molecule has 0 aromatic carbocycles. The Morgan fingerprint density at radius 1 is 1.38 bits per heavy atom. The van der Waals surface area contributed by atoms with Gasteiger partial charge < -0.3 is 15.0 Å². The number of aromatic nitrogens is 3. The van der Waals surface area contributed by atoms with Gasteiger partial charge in [-0.3, -0.25) is 19.3 Å². The van der Waals surface area contributed by atoms with Crippen LogP contribution in [0.2, 0.25) is 0 Å². The Labute approximate surface area is 139 Å². The van der Waals surface area contributed by atoms with Crippen molar-refractivity contribution in [3.05, 3.63) is 47.5 Å². The topological polar surface area (TPSA) is 89.4 Å². The van der Waals surface area contributed by atoms with Crippen molar-refractivity contribution in [3.8, 4) is 0 Å². The highest BCUT2D eigenvalue weighted by Gasteiger charge is 2.24. The fourth-order valence-electron chi connectivity index (χ4n) is 2.58. The predicted molar refractivity (Wildman–Crippen MR) is 85.4 cm³/mol. The minimum absolute atomic E-state index is 0.0679. The van der Waals surface area contributed by atoms with E-state index in [0.29, 0.717) is 44.0 Å².